The lowest BCUT2D eigenvalue weighted by atomic mass is 9.99. The van der Waals surface area contributed by atoms with Crippen molar-refractivity contribution in [3.8, 4) is 22.4 Å². The highest BCUT2D eigenvalue weighted by atomic mass is 35.5. The van der Waals surface area contributed by atoms with Gasteiger partial charge in [0, 0.05) is 68.5 Å². The Labute approximate surface area is 259 Å². The van der Waals surface area contributed by atoms with Gasteiger partial charge in [-0.3, -0.25) is 19.1 Å². The summed E-state index contributed by atoms with van der Waals surface area (Å²) in [7, 11) is 2.79. The van der Waals surface area contributed by atoms with E-state index in [9.17, 15) is 14.4 Å². The lowest BCUT2D eigenvalue weighted by molar-refractivity contribution is 0.0776. The zero-order valence-electron chi connectivity index (χ0n) is 24.2. The molecule has 3 heterocycles. The van der Waals surface area contributed by atoms with Crippen LogP contribution in [0.3, 0.4) is 0 Å². The SMILES string of the molecule is CCc1nc(-c2cccc(-c3cccc(NC(=O)c4cn(C)c(=O)n(C)c4=O)c3Cl)c2Cl)ccc1CNC1CCOCC1. The minimum atomic E-state index is -0.701. The lowest BCUT2D eigenvalue weighted by Gasteiger charge is -2.23. The Bertz CT molecular complexity index is 1790. The van der Waals surface area contributed by atoms with Crippen LogP contribution in [0.2, 0.25) is 10.0 Å². The molecule has 1 fully saturated rings. The van der Waals surface area contributed by atoms with Crippen LogP contribution in [0.15, 0.2) is 64.3 Å². The van der Waals surface area contributed by atoms with Crippen molar-refractivity contribution < 1.29 is 9.53 Å². The molecule has 0 atom stereocenters. The Morgan fingerprint density at radius 1 is 0.977 bits per heavy atom. The van der Waals surface area contributed by atoms with Crippen LogP contribution in [0.1, 0.15) is 41.4 Å². The average Bonchev–Trinajstić information content (AvgIpc) is 3.02. The van der Waals surface area contributed by atoms with Crippen molar-refractivity contribution in [1.29, 1.82) is 0 Å². The monoisotopic (exact) mass is 621 g/mol. The molecule has 1 aliphatic heterocycles. The van der Waals surface area contributed by atoms with Crippen molar-refractivity contribution in [2.75, 3.05) is 18.5 Å². The Balaban J connectivity index is 1.42. The first-order chi connectivity index (χ1) is 20.7. The largest absolute Gasteiger partial charge is 0.381 e. The van der Waals surface area contributed by atoms with Gasteiger partial charge in [0.25, 0.3) is 11.5 Å². The van der Waals surface area contributed by atoms with Crippen LogP contribution in [0.5, 0.6) is 0 Å². The number of amides is 1. The van der Waals surface area contributed by atoms with Crippen LogP contribution in [0, 0.1) is 0 Å². The fourth-order valence-electron chi connectivity index (χ4n) is 5.23. The van der Waals surface area contributed by atoms with Crippen molar-refractivity contribution in [2.24, 2.45) is 14.1 Å². The molecule has 0 bridgehead atoms. The number of carbonyl (C=O) groups is 1. The number of nitrogens with one attached hydrogen (secondary N) is 2. The number of carbonyl (C=O) groups excluding carboxylic acids is 1. The molecule has 0 radical (unpaired) electrons. The number of ether oxygens (including phenoxy) is 1. The predicted molar refractivity (Wildman–Crippen MR) is 170 cm³/mol. The van der Waals surface area contributed by atoms with Crippen molar-refractivity contribution in [3.05, 3.63) is 102 Å². The third kappa shape index (κ3) is 6.45. The molecule has 224 valence electrons. The molecule has 1 saturated heterocycles. The van der Waals surface area contributed by atoms with Gasteiger partial charge in [0.1, 0.15) is 5.56 Å². The standard InChI is InChI=1S/C32H33Cl2N5O4/c1-4-25-19(17-35-20-13-15-43-16-14-20)11-12-26(36-25)23-9-5-7-21(28(23)33)22-8-6-10-27(29(22)34)37-30(40)24-18-38(2)32(42)39(3)31(24)41/h5-12,18,20,35H,4,13-17H2,1-3H3,(H,37,40). The quantitative estimate of drug-likeness (QED) is 0.280. The van der Waals surface area contributed by atoms with E-state index in [0.717, 1.165) is 66.1 Å². The molecule has 0 spiro atoms. The Morgan fingerprint density at radius 2 is 1.65 bits per heavy atom. The van der Waals surface area contributed by atoms with E-state index < -0.39 is 17.2 Å². The highest BCUT2D eigenvalue weighted by molar-refractivity contribution is 6.39. The summed E-state index contributed by atoms with van der Waals surface area (Å²) in [6.07, 6.45) is 4.01. The number of anilines is 1. The predicted octanol–water partition coefficient (Wildman–Crippen LogP) is 5.20. The van der Waals surface area contributed by atoms with E-state index in [1.54, 1.807) is 12.1 Å². The molecule has 0 unspecified atom stereocenters. The van der Waals surface area contributed by atoms with Crippen molar-refractivity contribution in [3.63, 3.8) is 0 Å². The van der Waals surface area contributed by atoms with E-state index in [1.165, 1.54) is 24.9 Å². The second kappa shape index (κ2) is 13.3. The molecule has 0 saturated carbocycles. The Morgan fingerprint density at radius 3 is 2.37 bits per heavy atom. The van der Waals surface area contributed by atoms with Gasteiger partial charge in [-0.2, -0.15) is 0 Å². The first-order valence-corrected chi connectivity index (χ1v) is 14.9. The van der Waals surface area contributed by atoms with Crippen molar-refractivity contribution in [1.82, 2.24) is 19.4 Å². The van der Waals surface area contributed by atoms with Gasteiger partial charge in [0.05, 0.1) is 21.4 Å². The summed E-state index contributed by atoms with van der Waals surface area (Å²) in [5, 5.41) is 7.07. The highest BCUT2D eigenvalue weighted by Crippen LogP contribution is 2.41. The maximum Gasteiger partial charge on any atom is 0.330 e. The van der Waals surface area contributed by atoms with E-state index in [4.69, 9.17) is 32.9 Å². The minimum Gasteiger partial charge on any atom is -0.381 e. The van der Waals surface area contributed by atoms with Crippen LogP contribution in [0.4, 0.5) is 5.69 Å². The summed E-state index contributed by atoms with van der Waals surface area (Å²) >= 11 is 13.8. The molecule has 1 amide bonds. The fraction of sp³-hybridized carbons (Fsp3) is 0.312. The first kappa shape index (κ1) is 30.7. The van der Waals surface area contributed by atoms with E-state index in [-0.39, 0.29) is 10.6 Å². The van der Waals surface area contributed by atoms with Gasteiger partial charge in [-0.15, -0.1) is 0 Å². The highest BCUT2D eigenvalue weighted by Gasteiger charge is 2.20. The molecule has 11 heteroatoms. The molecule has 2 aromatic carbocycles. The van der Waals surface area contributed by atoms with Crippen LogP contribution in [-0.4, -0.2) is 39.3 Å². The average molecular weight is 623 g/mol. The third-order valence-electron chi connectivity index (χ3n) is 7.71. The summed E-state index contributed by atoms with van der Waals surface area (Å²) in [6, 6.07) is 15.4. The summed E-state index contributed by atoms with van der Waals surface area (Å²) < 4.78 is 7.52. The number of rotatable bonds is 8. The molecular weight excluding hydrogens is 589 g/mol. The van der Waals surface area contributed by atoms with E-state index in [2.05, 4.69) is 23.6 Å². The van der Waals surface area contributed by atoms with E-state index >= 15 is 0 Å². The molecule has 43 heavy (non-hydrogen) atoms. The number of hydrogen-bond donors (Lipinski definition) is 2. The third-order valence-corrected chi connectivity index (χ3v) is 8.52. The maximum absolute atomic E-state index is 13.0. The van der Waals surface area contributed by atoms with Crippen LogP contribution in [-0.2, 0) is 31.8 Å². The molecule has 2 N–H and O–H groups in total. The smallest absolute Gasteiger partial charge is 0.330 e. The molecule has 1 aliphatic rings. The van der Waals surface area contributed by atoms with Crippen molar-refractivity contribution >= 4 is 34.8 Å². The number of aromatic nitrogens is 3. The first-order valence-electron chi connectivity index (χ1n) is 14.1. The number of nitrogens with zero attached hydrogens (tertiary/aromatic N) is 3. The molecular formula is C32H33Cl2N5O4. The Kier molecular flexibility index (Phi) is 9.46. The topological polar surface area (TPSA) is 107 Å². The number of halogens is 2. The van der Waals surface area contributed by atoms with E-state index in [1.807, 2.05) is 30.3 Å². The van der Waals surface area contributed by atoms with Gasteiger partial charge in [-0.1, -0.05) is 66.5 Å². The summed E-state index contributed by atoms with van der Waals surface area (Å²) in [4.78, 5) is 42.6. The normalized spacial score (nSPS) is 13.7. The molecule has 4 aromatic rings. The fourth-order valence-corrected chi connectivity index (χ4v) is 5.83. The summed E-state index contributed by atoms with van der Waals surface area (Å²) in [5.74, 6) is -0.683. The second-order valence-corrected chi connectivity index (χ2v) is 11.3. The number of aryl methyl sites for hydroxylation is 2. The van der Waals surface area contributed by atoms with Gasteiger partial charge in [0.15, 0.2) is 0 Å². The second-order valence-electron chi connectivity index (χ2n) is 10.5. The zero-order valence-corrected chi connectivity index (χ0v) is 25.8. The van der Waals surface area contributed by atoms with E-state index in [0.29, 0.717) is 27.9 Å². The van der Waals surface area contributed by atoms with Crippen LogP contribution >= 0.6 is 23.2 Å². The van der Waals surface area contributed by atoms with Crippen LogP contribution < -0.4 is 21.9 Å². The molecule has 5 rings (SSSR count). The van der Waals surface area contributed by atoms with Gasteiger partial charge < -0.3 is 19.9 Å². The molecule has 9 nitrogen and oxygen atoms in total. The van der Waals surface area contributed by atoms with Gasteiger partial charge >= 0.3 is 5.69 Å². The van der Waals surface area contributed by atoms with Gasteiger partial charge in [-0.25, -0.2) is 4.79 Å². The number of hydrogen-bond acceptors (Lipinski definition) is 6. The molecule has 2 aromatic heterocycles. The number of pyridine rings is 1. The van der Waals surface area contributed by atoms with Gasteiger partial charge in [-0.05, 0) is 37.0 Å². The summed E-state index contributed by atoms with van der Waals surface area (Å²) in [5.41, 5.74) is 3.84. The van der Waals surface area contributed by atoms with Gasteiger partial charge in [0.2, 0.25) is 0 Å². The Hall–Kier alpha value is -3.76. The molecule has 0 aliphatic carbocycles. The number of benzene rings is 2. The van der Waals surface area contributed by atoms with Crippen molar-refractivity contribution in [2.45, 2.75) is 38.8 Å². The maximum atomic E-state index is 13.0. The summed E-state index contributed by atoms with van der Waals surface area (Å²) in [6.45, 7) is 4.42. The minimum absolute atomic E-state index is 0.185. The zero-order chi connectivity index (χ0) is 30.7. The van der Waals surface area contributed by atoms with Crippen LogP contribution in [0.25, 0.3) is 22.4 Å². The lowest BCUT2D eigenvalue weighted by Crippen LogP contribution is -2.40.